The van der Waals surface area contributed by atoms with E-state index in [9.17, 15) is 0 Å². The molecule has 0 saturated heterocycles. The monoisotopic (exact) mass is 358 g/mol. The fourth-order valence-electron chi connectivity index (χ4n) is 3.43. The Morgan fingerprint density at radius 2 is 1.73 bits per heavy atom. The highest BCUT2D eigenvalue weighted by Gasteiger charge is 2.12. The van der Waals surface area contributed by atoms with Gasteiger partial charge in [-0.25, -0.2) is 9.97 Å². The van der Waals surface area contributed by atoms with Crippen LogP contribution >= 0.6 is 11.6 Å². The van der Waals surface area contributed by atoms with E-state index < -0.39 is 0 Å². The number of furan rings is 1. The van der Waals surface area contributed by atoms with Gasteiger partial charge in [-0.15, -0.1) is 0 Å². The molecule has 4 aromatic rings. The second kappa shape index (κ2) is 6.11. The van der Waals surface area contributed by atoms with Gasteiger partial charge in [-0.1, -0.05) is 36.4 Å². The van der Waals surface area contributed by atoms with Gasteiger partial charge in [0.1, 0.15) is 11.2 Å². The summed E-state index contributed by atoms with van der Waals surface area (Å²) in [7, 11) is 0. The Morgan fingerprint density at radius 3 is 2.62 bits per heavy atom. The van der Waals surface area contributed by atoms with Crippen molar-refractivity contribution >= 4 is 39.1 Å². The van der Waals surface area contributed by atoms with Crippen LogP contribution in [-0.2, 0) is 0 Å². The molecule has 1 aliphatic rings. The lowest BCUT2D eigenvalue weighted by molar-refractivity contribution is 0.669. The topological polar surface area (TPSA) is 38.9 Å². The average molecular weight is 359 g/mol. The Balaban J connectivity index is 1.67. The normalized spacial score (nSPS) is 14.1. The van der Waals surface area contributed by atoms with Crippen LogP contribution < -0.4 is 0 Å². The van der Waals surface area contributed by atoms with E-state index in [1.165, 1.54) is 5.57 Å². The molecule has 0 unspecified atom stereocenters. The maximum absolute atomic E-state index is 6.23. The minimum absolute atomic E-state index is 0.269. The van der Waals surface area contributed by atoms with Crippen molar-refractivity contribution in [1.29, 1.82) is 0 Å². The second-order valence-electron chi connectivity index (χ2n) is 6.38. The van der Waals surface area contributed by atoms with Crippen molar-refractivity contribution in [2.75, 3.05) is 0 Å². The van der Waals surface area contributed by atoms with Gasteiger partial charge in [0.05, 0.1) is 11.4 Å². The third-order valence-electron chi connectivity index (χ3n) is 4.71. The van der Waals surface area contributed by atoms with E-state index in [1.807, 2.05) is 36.4 Å². The Bertz CT molecular complexity index is 1200. The molecule has 0 radical (unpaired) electrons. The summed E-state index contributed by atoms with van der Waals surface area (Å²) in [6, 6.07) is 16.2. The largest absolute Gasteiger partial charge is 0.456 e. The van der Waals surface area contributed by atoms with Crippen LogP contribution in [0, 0.1) is 0 Å². The van der Waals surface area contributed by atoms with E-state index in [0.29, 0.717) is 0 Å². The molecule has 2 aromatic heterocycles. The summed E-state index contributed by atoms with van der Waals surface area (Å²) in [5.41, 5.74) is 5.66. The average Bonchev–Trinajstić information content (AvgIpc) is 3.06. The highest BCUT2D eigenvalue weighted by molar-refractivity contribution is 6.28. The van der Waals surface area contributed by atoms with Crippen LogP contribution in [-0.4, -0.2) is 9.97 Å². The zero-order valence-electron chi connectivity index (χ0n) is 13.9. The van der Waals surface area contributed by atoms with Gasteiger partial charge < -0.3 is 4.42 Å². The SMILES string of the molecule is Clc1nc(C2=CC=CCC2)cc(-c2ccc3oc4ccccc4c3c2)n1. The first-order chi connectivity index (χ1) is 12.8. The van der Waals surface area contributed by atoms with Crippen LogP contribution in [0.4, 0.5) is 0 Å². The number of allylic oxidation sites excluding steroid dienone is 4. The van der Waals surface area contributed by atoms with Gasteiger partial charge in [0.15, 0.2) is 0 Å². The van der Waals surface area contributed by atoms with Crippen LogP contribution in [0.2, 0.25) is 5.28 Å². The number of nitrogens with zero attached hydrogens (tertiary/aromatic N) is 2. The molecule has 0 atom stereocenters. The van der Waals surface area contributed by atoms with Gasteiger partial charge >= 0.3 is 0 Å². The van der Waals surface area contributed by atoms with Crippen molar-refractivity contribution in [1.82, 2.24) is 9.97 Å². The lowest BCUT2D eigenvalue weighted by atomic mass is 10.00. The van der Waals surface area contributed by atoms with Crippen LogP contribution in [0.5, 0.6) is 0 Å². The molecule has 0 spiro atoms. The van der Waals surface area contributed by atoms with E-state index in [0.717, 1.165) is 51.7 Å². The highest BCUT2D eigenvalue weighted by Crippen LogP contribution is 2.33. The summed E-state index contributed by atoms with van der Waals surface area (Å²) in [5.74, 6) is 0. The number of aromatic nitrogens is 2. The van der Waals surface area contributed by atoms with Crippen molar-refractivity contribution in [3.8, 4) is 11.3 Å². The number of para-hydroxylation sites is 1. The predicted molar refractivity (Wildman–Crippen MR) is 106 cm³/mol. The molecule has 1 aliphatic carbocycles. The van der Waals surface area contributed by atoms with Gasteiger partial charge in [0, 0.05) is 16.3 Å². The summed E-state index contributed by atoms with van der Waals surface area (Å²) in [4.78, 5) is 8.87. The molecule has 2 aromatic carbocycles. The molecular formula is C22H15ClN2O. The van der Waals surface area contributed by atoms with E-state index in [2.05, 4.69) is 40.3 Å². The number of benzene rings is 2. The Morgan fingerprint density at radius 1 is 0.885 bits per heavy atom. The molecule has 3 nitrogen and oxygen atoms in total. The molecule has 0 fully saturated rings. The van der Waals surface area contributed by atoms with Crippen molar-refractivity contribution in [2.24, 2.45) is 0 Å². The highest BCUT2D eigenvalue weighted by atomic mass is 35.5. The molecule has 2 heterocycles. The molecule has 4 heteroatoms. The quantitative estimate of drug-likeness (QED) is 0.387. The second-order valence-corrected chi connectivity index (χ2v) is 6.71. The van der Waals surface area contributed by atoms with Gasteiger partial charge in [0.25, 0.3) is 0 Å². The first-order valence-electron chi connectivity index (χ1n) is 8.60. The molecule has 0 aliphatic heterocycles. The lowest BCUT2D eigenvalue weighted by Gasteiger charge is -2.10. The van der Waals surface area contributed by atoms with Gasteiger partial charge in [0.2, 0.25) is 5.28 Å². The molecular weight excluding hydrogens is 344 g/mol. The summed E-state index contributed by atoms with van der Waals surface area (Å²) in [5, 5.41) is 2.45. The minimum atomic E-state index is 0.269. The van der Waals surface area contributed by atoms with Crippen LogP contribution in [0.25, 0.3) is 38.8 Å². The molecule has 0 N–H and O–H groups in total. The standard InChI is InChI=1S/C22H15ClN2O/c23-22-24-18(14-6-2-1-3-7-14)13-19(25-22)15-10-11-21-17(12-15)16-8-4-5-9-20(16)26-21/h1-2,4-6,8-13H,3,7H2. The third kappa shape index (κ3) is 2.61. The molecule has 26 heavy (non-hydrogen) atoms. The Hall–Kier alpha value is -2.91. The van der Waals surface area contributed by atoms with Crippen LogP contribution in [0.1, 0.15) is 18.5 Å². The predicted octanol–water partition coefficient (Wildman–Crippen LogP) is 6.43. The molecule has 126 valence electrons. The van der Waals surface area contributed by atoms with Crippen molar-refractivity contribution in [3.63, 3.8) is 0 Å². The van der Waals surface area contributed by atoms with Gasteiger partial charge in [-0.3, -0.25) is 0 Å². The van der Waals surface area contributed by atoms with Gasteiger partial charge in [-0.05, 0) is 60.3 Å². The summed E-state index contributed by atoms with van der Waals surface area (Å²) in [6.07, 6.45) is 8.31. The van der Waals surface area contributed by atoms with E-state index in [1.54, 1.807) is 0 Å². The maximum Gasteiger partial charge on any atom is 0.223 e. The molecule has 0 saturated carbocycles. The first-order valence-corrected chi connectivity index (χ1v) is 8.98. The zero-order valence-corrected chi connectivity index (χ0v) is 14.7. The van der Waals surface area contributed by atoms with E-state index in [-0.39, 0.29) is 5.28 Å². The van der Waals surface area contributed by atoms with E-state index in [4.69, 9.17) is 16.0 Å². The molecule has 0 amide bonds. The van der Waals surface area contributed by atoms with E-state index >= 15 is 0 Å². The molecule has 0 bridgehead atoms. The summed E-state index contributed by atoms with van der Waals surface area (Å²) < 4.78 is 5.91. The van der Waals surface area contributed by atoms with Crippen molar-refractivity contribution in [2.45, 2.75) is 12.8 Å². The number of rotatable bonds is 2. The van der Waals surface area contributed by atoms with Crippen LogP contribution in [0.3, 0.4) is 0 Å². The minimum Gasteiger partial charge on any atom is -0.456 e. The number of hydrogen-bond donors (Lipinski definition) is 0. The fourth-order valence-corrected chi connectivity index (χ4v) is 3.61. The Kier molecular flexibility index (Phi) is 3.61. The summed E-state index contributed by atoms with van der Waals surface area (Å²) >= 11 is 6.23. The number of fused-ring (bicyclic) bond motifs is 3. The molecule has 5 rings (SSSR count). The lowest BCUT2D eigenvalue weighted by Crippen LogP contribution is -1.96. The van der Waals surface area contributed by atoms with Crippen molar-refractivity contribution < 1.29 is 4.42 Å². The number of halogens is 1. The fraction of sp³-hybridized carbons (Fsp3) is 0.0909. The maximum atomic E-state index is 6.23. The van der Waals surface area contributed by atoms with Crippen molar-refractivity contribution in [3.05, 3.63) is 77.7 Å². The first kappa shape index (κ1) is 15.4. The van der Waals surface area contributed by atoms with Gasteiger partial charge in [-0.2, -0.15) is 0 Å². The smallest absolute Gasteiger partial charge is 0.223 e. The Labute approximate surface area is 155 Å². The third-order valence-corrected chi connectivity index (χ3v) is 4.88. The zero-order chi connectivity index (χ0) is 17.5. The summed E-state index contributed by atoms with van der Waals surface area (Å²) in [6.45, 7) is 0. The number of hydrogen-bond acceptors (Lipinski definition) is 3. The van der Waals surface area contributed by atoms with Crippen LogP contribution in [0.15, 0.2) is 71.2 Å².